The molecule has 6 rings (SSSR count). The fourth-order valence-electron chi connectivity index (χ4n) is 5.29. The molecule has 1 aliphatic heterocycles. The molecule has 2 aromatic heterocycles. The van der Waals surface area contributed by atoms with Crippen LogP contribution in [-0.2, 0) is 6.54 Å². The van der Waals surface area contributed by atoms with Crippen molar-refractivity contribution >= 4 is 28.2 Å². The molecule has 1 saturated heterocycles. The predicted molar refractivity (Wildman–Crippen MR) is 151 cm³/mol. The zero-order valence-corrected chi connectivity index (χ0v) is 21.2. The lowest BCUT2D eigenvalue weighted by Crippen LogP contribution is -2.46. The largest absolute Gasteiger partial charge is 0.354 e. The highest BCUT2D eigenvalue weighted by atomic mass is 35.5. The Hall–Kier alpha value is -3.60. The summed E-state index contributed by atoms with van der Waals surface area (Å²) in [6.45, 7) is 7.06. The first-order chi connectivity index (χ1) is 17.7. The van der Waals surface area contributed by atoms with Gasteiger partial charge >= 0.3 is 0 Å². The maximum atomic E-state index is 6.22. The minimum absolute atomic E-state index is 0.752. The summed E-state index contributed by atoms with van der Waals surface area (Å²) in [6, 6.07) is 29.7. The van der Waals surface area contributed by atoms with Gasteiger partial charge in [-0.05, 0) is 64.7 Å². The number of aryl methyl sites for hydroxylation is 1. The maximum Gasteiger partial charge on any atom is 0.128 e. The van der Waals surface area contributed by atoms with E-state index in [1.54, 1.807) is 0 Å². The summed E-state index contributed by atoms with van der Waals surface area (Å²) in [5.74, 6) is 1.06. The van der Waals surface area contributed by atoms with Gasteiger partial charge < -0.3 is 9.88 Å². The number of piperazine rings is 1. The summed E-state index contributed by atoms with van der Waals surface area (Å²) in [5.41, 5.74) is 7.34. The second-order valence-corrected chi connectivity index (χ2v) is 9.96. The zero-order chi connectivity index (χ0) is 24.5. The molecular formula is C31H29ClN4. The van der Waals surface area contributed by atoms with Crippen molar-refractivity contribution in [2.45, 2.75) is 13.5 Å². The first-order valence-electron chi connectivity index (χ1n) is 12.5. The first-order valence-corrected chi connectivity index (χ1v) is 12.9. The number of halogens is 1. The van der Waals surface area contributed by atoms with Crippen LogP contribution in [0.5, 0.6) is 0 Å². The van der Waals surface area contributed by atoms with E-state index < -0.39 is 0 Å². The van der Waals surface area contributed by atoms with Gasteiger partial charge in [-0.2, -0.15) is 0 Å². The number of rotatable bonds is 5. The van der Waals surface area contributed by atoms with E-state index in [4.69, 9.17) is 11.6 Å². The van der Waals surface area contributed by atoms with E-state index in [-0.39, 0.29) is 0 Å². The van der Waals surface area contributed by atoms with Crippen molar-refractivity contribution < 1.29 is 0 Å². The van der Waals surface area contributed by atoms with Crippen LogP contribution in [0.2, 0.25) is 5.02 Å². The van der Waals surface area contributed by atoms with Crippen LogP contribution in [0.15, 0.2) is 91.1 Å². The van der Waals surface area contributed by atoms with Crippen molar-refractivity contribution in [1.29, 1.82) is 0 Å². The Morgan fingerprint density at radius 3 is 2.42 bits per heavy atom. The molecule has 0 amide bonds. The van der Waals surface area contributed by atoms with Gasteiger partial charge in [-0.25, -0.2) is 4.98 Å². The molecule has 0 spiro atoms. The first kappa shape index (κ1) is 22.8. The van der Waals surface area contributed by atoms with Gasteiger partial charge in [0.15, 0.2) is 0 Å². The molecule has 0 saturated carbocycles. The molecule has 4 nitrogen and oxygen atoms in total. The Bertz CT molecular complexity index is 1480. The van der Waals surface area contributed by atoms with Gasteiger partial charge in [0.25, 0.3) is 0 Å². The molecule has 1 N–H and O–H groups in total. The van der Waals surface area contributed by atoms with Crippen LogP contribution in [0.1, 0.15) is 11.1 Å². The second kappa shape index (κ2) is 9.81. The lowest BCUT2D eigenvalue weighted by molar-refractivity contribution is 0.249. The van der Waals surface area contributed by atoms with E-state index in [9.17, 15) is 0 Å². The molecule has 1 aliphatic rings. The van der Waals surface area contributed by atoms with Gasteiger partial charge in [0.2, 0.25) is 0 Å². The van der Waals surface area contributed by atoms with Crippen molar-refractivity contribution in [3.05, 3.63) is 107 Å². The van der Waals surface area contributed by atoms with E-state index in [2.05, 4.69) is 93.4 Å². The molecule has 36 heavy (non-hydrogen) atoms. The van der Waals surface area contributed by atoms with Crippen LogP contribution in [0.3, 0.4) is 0 Å². The number of H-pyrrole nitrogens is 1. The minimum Gasteiger partial charge on any atom is -0.354 e. The van der Waals surface area contributed by atoms with Crippen LogP contribution < -0.4 is 4.90 Å². The van der Waals surface area contributed by atoms with Crippen molar-refractivity contribution in [1.82, 2.24) is 14.9 Å². The molecule has 3 heterocycles. The third-order valence-electron chi connectivity index (χ3n) is 7.18. The minimum atomic E-state index is 0.752. The van der Waals surface area contributed by atoms with Crippen LogP contribution >= 0.6 is 11.6 Å². The molecule has 3 aromatic carbocycles. The van der Waals surface area contributed by atoms with Gasteiger partial charge in [-0.15, -0.1) is 0 Å². The molecule has 0 unspecified atom stereocenters. The van der Waals surface area contributed by atoms with Gasteiger partial charge in [-0.1, -0.05) is 66.2 Å². The molecule has 0 aliphatic carbocycles. The second-order valence-electron chi connectivity index (χ2n) is 9.52. The van der Waals surface area contributed by atoms with E-state index in [0.717, 1.165) is 54.8 Å². The summed E-state index contributed by atoms with van der Waals surface area (Å²) >= 11 is 6.22. The Labute approximate surface area is 217 Å². The Balaban J connectivity index is 1.34. The molecule has 1 fully saturated rings. The summed E-state index contributed by atoms with van der Waals surface area (Å²) in [6.07, 6.45) is 1.87. The quantitative estimate of drug-likeness (QED) is 0.282. The fourth-order valence-corrected chi connectivity index (χ4v) is 5.41. The maximum absolute atomic E-state index is 6.22. The third-order valence-corrected chi connectivity index (χ3v) is 7.43. The Morgan fingerprint density at radius 1 is 0.861 bits per heavy atom. The van der Waals surface area contributed by atoms with Crippen molar-refractivity contribution in [3.63, 3.8) is 0 Å². The summed E-state index contributed by atoms with van der Waals surface area (Å²) in [4.78, 5) is 13.3. The number of nitrogens with zero attached hydrogens (tertiary/aromatic N) is 3. The smallest absolute Gasteiger partial charge is 0.128 e. The van der Waals surface area contributed by atoms with E-state index in [1.165, 1.54) is 33.2 Å². The average Bonchev–Trinajstić information content (AvgIpc) is 3.33. The fraction of sp³-hybridized carbons (Fsp3) is 0.194. The topological polar surface area (TPSA) is 35.2 Å². The van der Waals surface area contributed by atoms with Crippen LogP contribution in [0.25, 0.3) is 33.3 Å². The standard InChI is InChI=1S/C31H29ClN4/c1-22-9-10-23-6-2-3-7-27(23)30(22)28-20-25(31(34-28)24-11-13-26(32)14-12-24)21-35-16-18-36(19-17-35)29-8-4-5-15-33-29/h2-15,20,34H,16-19,21H2,1H3. The van der Waals surface area contributed by atoms with Crippen LogP contribution in [0, 0.1) is 6.92 Å². The zero-order valence-electron chi connectivity index (χ0n) is 20.4. The summed E-state index contributed by atoms with van der Waals surface area (Å²) in [7, 11) is 0. The number of anilines is 1. The predicted octanol–water partition coefficient (Wildman–Crippen LogP) is 7.18. The van der Waals surface area contributed by atoms with Gasteiger partial charge in [0, 0.05) is 55.2 Å². The molecule has 0 bridgehead atoms. The number of fused-ring (bicyclic) bond motifs is 1. The number of benzene rings is 3. The number of aromatic nitrogens is 2. The monoisotopic (exact) mass is 492 g/mol. The van der Waals surface area contributed by atoms with E-state index >= 15 is 0 Å². The molecule has 180 valence electrons. The number of hydrogen-bond acceptors (Lipinski definition) is 3. The lowest BCUT2D eigenvalue weighted by Gasteiger charge is -2.35. The average molecular weight is 493 g/mol. The van der Waals surface area contributed by atoms with Crippen molar-refractivity contribution in [3.8, 4) is 22.5 Å². The van der Waals surface area contributed by atoms with Crippen molar-refractivity contribution in [2.24, 2.45) is 0 Å². The number of hydrogen-bond donors (Lipinski definition) is 1. The lowest BCUT2D eigenvalue weighted by atomic mass is 9.97. The molecule has 0 radical (unpaired) electrons. The van der Waals surface area contributed by atoms with E-state index in [1.807, 2.05) is 24.4 Å². The van der Waals surface area contributed by atoms with Crippen LogP contribution in [-0.4, -0.2) is 41.0 Å². The Kier molecular flexibility index (Phi) is 6.22. The normalized spacial score (nSPS) is 14.4. The highest BCUT2D eigenvalue weighted by Gasteiger charge is 2.21. The highest BCUT2D eigenvalue weighted by Crippen LogP contribution is 2.36. The molecule has 0 atom stereocenters. The number of aromatic amines is 1. The van der Waals surface area contributed by atoms with Gasteiger partial charge in [0.1, 0.15) is 5.82 Å². The van der Waals surface area contributed by atoms with Crippen molar-refractivity contribution in [2.75, 3.05) is 31.1 Å². The number of pyridine rings is 1. The summed E-state index contributed by atoms with van der Waals surface area (Å²) < 4.78 is 0. The third kappa shape index (κ3) is 4.50. The molecule has 5 aromatic rings. The molecule has 5 heteroatoms. The Morgan fingerprint density at radius 2 is 1.64 bits per heavy atom. The van der Waals surface area contributed by atoms with E-state index in [0.29, 0.717) is 0 Å². The van der Waals surface area contributed by atoms with Crippen LogP contribution in [0.4, 0.5) is 5.82 Å². The number of nitrogens with one attached hydrogen (secondary N) is 1. The SMILES string of the molecule is Cc1ccc2ccccc2c1-c1cc(CN2CCN(c3ccccn3)CC2)c(-c2ccc(Cl)cc2)[nH]1. The summed E-state index contributed by atoms with van der Waals surface area (Å²) in [5, 5.41) is 3.28. The highest BCUT2D eigenvalue weighted by molar-refractivity contribution is 6.30. The van der Waals surface area contributed by atoms with Gasteiger partial charge in [0.05, 0.1) is 5.69 Å². The van der Waals surface area contributed by atoms with Gasteiger partial charge in [-0.3, -0.25) is 4.90 Å². The molecular weight excluding hydrogens is 464 g/mol.